The summed E-state index contributed by atoms with van der Waals surface area (Å²) in [5, 5.41) is 10.9. The number of fused-ring (bicyclic) bond motifs is 2. The molecule has 0 radical (unpaired) electrons. The lowest BCUT2D eigenvalue weighted by molar-refractivity contribution is 0.0600. The molecule has 2 aromatic rings. The van der Waals surface area contributed by atoms with Crippen LogP contribution in [0.15, 0.2) is 12.1 Å². The molecule has 1 aromatic carbocycles. The predicted octanol–water partition coefficient (Wildman–Crippen LogP) is 2.13. The van der Waals surface area contributed by atoms with Crippen molar-refractivity contribution in [3.63, 3.8) is 0 Å². The fraction of sp³-hybridized carbons (Fsp3) is 0.579. The molecule has 146 valence electrons. The van der Waals surface area contributed by atoms with E-state index in [9.17, 15) is 9.90 Å². The zero-order valence-electron chi connectivity index (χ0n) is 15.8. The number of rotatable bonds is 4. The van der Waals surface area contributed by atoms with Crippen molar-refractivity contribution in [1.82, 2.24) is 9.88 Å². The Labute approximate surface area is 162 Å². The molecule has 8 heteroatoms. The summed E-state index contributed by atoms with van der Waals surface area (Å²) in [6.07, 6.45) is 0.573. The van der Waals surface area contributed by atoms with Gasteiger partial charge in [-0.2, -0.15) is 0 Å². The number of esters is 1. The van der Waals surface area contributed by atoms with E-state index in [4.69, 9.17) is 14.5 Å². The Morgan fingerprint density at radius 3 is 2.89 bits per heavy atom. The van der Waals surface area contributed by atoms with Gasteiger partial charge in [0.2, 0.25) is 0 Å². The third-order valence-electron chi connectivity index (χ3n) is 5.10. The molecule has 1 N–H and O–H groups in total. The summed E-state index contributed by atoms with van der Waals surface area (Å²) >= 11 is 1.57. The van der Waals surface area contributed by atoms with Gasteiger partial charge in [0.25, 0.3) is 0 Å². The minimum absolute atomic E-state index is 0.0187. The van der Waals surface area contributed by atoms with Gasteiger partial charge >= 0.3 is 5.97 Å². The molecule has 2 aliphatic rings. The number of piperazine rings is 1. The minimum Gasteiger partial charge on any atom is -0.489 e. The number of hydrogen-bond acceptors (Lipinski definition) is 8. The molecule has 2 saturated heterocycles. The lowest BCUT2D eigenvalue weighted by Crippen LogP contribution is -2.50. The summed E-state index contributed by atoms with van der Waals surface area (Å²) in [6, 6.07) is 3.91. The molecule has 0 aliphatic carbocycles. The standard InChI is InChI=1S/C19H25N3O4S/c1-11(2)26-15-6-12(18(24)25-3)7-16-17(15)20-19(27-16)22-5-4-21-10-14(23)8-13(21)9-22/h6-7,11,13-14,23H,4-5,8-10H2,1-3H3/t13-,14+/m1/s1. The van der Waals surface area contributed by atoms with Crippen molar-refractivity contribution in [2.24, 2.45) is 0 Å². The Bertz CT molecular complexity index is 853. The van der Waals surface area contributed by atoms with Crippen molar-refractivity contribution < 1.29 is 19.4 Å². The number of aliphatic hydroxyl groups is 1. The molecular formula is C19H25N3O4S. The molecule has 2 atom stereocenters. The summed E-state index contributed by atoms with van der Waals surface area (Å²) in [5.41, 5.74) is 1.25. The maximum atomic E-state index is 12.0. The smallest absolute Gasteiger partial charge is 0.338 e. The van der Waals surface area contributed by atoms with E-state index in [1.54, 1.807) is 17.4 Å². The van der Waals surface area contributed by atoms with E-state index in [0.29, 0.717) is 17.4 Å². The molecule has 3 heterocycles. The zero-order chi connectivity index (χ0) is 19.1. The number of nitrogens with zero attached hydrogens (tertiary/aromatic N) is 3. The molecular weight excluding hydrogens is 366 g/mol. The normalized spacial score (nSPS) is 23.1. The second kappa shape index (κ2) is 7.26. The van der Waals surface area contributed by atoms with Gasteiger partial charge in [0.1, 0.15) is 11.3 Å². The van der Waals surface area contributed by atoms with Gasteiger partial charge in [0.15, 0.2) is 5.13 Å². The Kier molecular flexibility index (Phi) is 4.96. The van der Waals surface area contributed by atoms with Crippen LogP contribution in [0.3, 0.4) is 0 Å². The zero-order valence-corrected chi connectivity index (χ0v) is 16.7. The monoisotopic (exact) mass is 391 g/mol. The van der Waals surface area contributed by atoms with Crippen LogP contribution >= 0.6 is 11.3 Å². The first-order valence-corrected chi connectivity index (χ1v) is 10.1. The van der Waals surface area contributed by atoms with Gasteiger partial charge in [-0.15, -0.1) is 0 Å². The first-order chi connectivity index (χ1) is 12.9. The van der Waals surface area contributed by atoms with Gasteiger partial charge in [-0.05, 0) is 32.4 Å². The third kappa shape index (κ3) is 3.61. The first-order valence-electron chi connectivity index (χ1n) is 9.31. The Morgan fingerprint density at radius 2 is 2.15 bits per heavy atom. The van der Waals surface area contributed by atoms with Crippen LogP contribution in [0.2, 0.25) is 0 Å². The van der Waals surface area contributed by atoms with Gasteiger partial charge in [-0.25, -0.2) is 9.78 Å². The molecule has 4 rings (SSSR count). The molecule has 0 bridgehead atoms. The van der Waals surface area contributed by atoms with E-state index in [1.807, 2.05) is 19.9 Å². The highest BCUT2D eigenvalue weighted by atomic mass is 32.1. The summed E-state index contributed by atoms with van der Waals surface area (Å²) in [7, 11) is 1.38. The quantitative estimate of drug-likeness (QED) is 0.800. The molecule has 2 aliphatic heterocycles. The molecule has 0 amide bonds. The number of anilines is 1. The van der Waals surface area contributed by atoms with E-state index >= 15 is 0 Å². The van der Waals surface area contributed by atoms with Gasteiger partial charge in [-0.1, -0.05) is 11.3 Å². The fourth-order valence-corrected chi connectivity index (χ4v) is 4.95. The molecule has 1 aromatic heterocycles. The van der Waals surface area contributed by atoms with E-state index < -0.39 is 0 Å². The van der Waals surface area contributed by atoms with Crippen molar-refractivity contribution in [3.8, 4) is 5.75 Å². The minimum atomic E-state index is -0.381. The van der Waals surface area contributed by atoms with Crippen molar-refractivity contribution in [1.29, 1.82) is 0 Å². The molecule has 27 heavy (non-hydrogen) atoms. The number of methoxy groups -OCH3 is 1. The van der Waals surface area contributed by atoms with Crippen molar-refractivity contribution >= 4 is 32.7 Å². The summed E-state index contributed by atoms with van der Waals surface area (Å²) < 4.78 is 11.7. The van der Waals surface area contributed by atoms with E-state index in [-0.39, 0.29) is 18.2 Å². The average molecular weight is 391 g/mol. The van der Waals surface area contributed by atoms with Gasteiger partial charge < -0.3 is 19.5 Å². The summed E-state index contributed by atoms with van der Waals surface area (Å²) in [5.74, 6) is 0.231. The molecule has 2 fully saturated rings. The van der Waals surface area contributed by atoms with Crippen LogP contribution in [0.25, 0.3) is 10.2 Å². The number of ether oxygens (including phenoxy) is 2. The van der Waals surface area contributed by atoms with Crippen LogP contribution in [-0.4, -0.2) is 72.5 Å². The third-order valence-corrected chi connectivity index (χ3v) is 6.16. The number of benzene rings is 1. The molecule has 0 unspecified atom stereocenters. The van der Waals surface area contributed by atoms with E-state index in [1.165, 1.54) is 7.11 Å². The van der Waals surface area contributed by atoms with Crippen LogP contribution < -0.4 is 9.64 Å². The van der Waals surface area contributed by atoms with E-state index in [0.717, 1.165) is 47.9 Å². The second-order valence-electron chi connectivity index (χ2n) is 7.46. The highest BCUT2D eigenvalue weighted by Crippen LogP contribution is 2.37. The first kappa shape index (κ1) is 18.5. The van der Waals surface area contributed by atoms with Crippen LogP contribution in [0.4, 0.5) is 5.13 Å². The average Bonchev–Trinajstić information content (AvgIpc) is 3.22. The maximum Gasteiger partial charge on any atom is 0.338 e. The lowest BCUT2D eigenvalue weighted by atomic mass is 10.1. The van der Waals surface area contributed by atoms with Gasteiger partial charge in [0.05, 0.1) is 29.6 Å². The fourth-order valence-electron chi connectivity index (χ4n) is 3.89. The molecule has 0 saturated carbocycles. The lowest BCUT2D eigenvalue weighted by Gasteiger charge is -2.37. The van der Waals surface area contributed by atoms with Crippen molar-refractivity contribution in [3.05, 3.63) is 17.7 Å². The number of thiazole rings is 1. The predicted molar refractivity (Wildman–Crippen MR) is 105 cm³/mol. The number of aromatic nitrogens is 1. The van der Waals surface area contributed by atoms with Crippen LogP contribution in [-0.2, 0) is 4.74 Å². The van der Waals surface area contributed by atoms with Crippen LogP contribution in [0.1, 0.15) is 30.6 Å². The molecule has 7 nitrogen and oxygen atoms in total. The topological polar surface area (TPSA) is 75.1 Å². The SMILES string of the molecule is COC(=O)c1cc(OC(C)C)c2nc(N3CCN4C[C@@H](O)C[C@@H]4C3)sc2c1. The highest BCUT2D eigenvalue weighted by Gasteiger charge is 2.36. The maximum absolute atomic E-state index is 12.0. The number of carbonyl (C=O) groups is 1. The highest BCUT2D eigenvalue weighted by molar-refractivity contribution is 7.22. The van der Waals surface area contributed by atoms with Crippen molar-refractivity contribution in [2.45, 2.75) is 38.5 Å². The van der Waals surface area contributed by atoms with Gasteiger partial charge in [-0.3, -0.25) is 4.90 Å². The Balaban J connectivity index is 1.67. The number of hydrogen-bond donors (Lipinski definition) is 1. The number of aliphatic hydroxyl groups excluding tert-OH is 1. The summed E-state index contributed by atoms with van der Waals surface area (Å²) in [6.45, 7) is 7.35. The summed E-state index contributed by atoms with van der Waals surface area (Å²) in [4.78, 5) is 21.5. The molecule has 0 spiro atoms. The second-order valence-corrected chi connectivity index (χ2v) is 8.47. The van der Waals surface area contributed by atoms with Gasteiger partial charge in [0, 0.05) is 32.2 Å². The Hall–Kier alpha value is -1.90. The van der Waals surface area contributed by atoms with Crippen LogP contribution in [0.5, 0.6) is 5.75 Å². The van der Waals surface area contributed by atoms with Crippen molar-refractivity contribution in [2.75, 3.05) is 38.2 Å². The van der Waals surface area contributed by atoms with E-state index in [2.05, 4.69) is 9.80 Å². The largest absolute Gasteiger partial charge is 0.489 e. The Morgan fingerprint density at radius 1 is 1.33 bits per heavy atom. The van der Waals surface area contributed by atoms with Crippen LogP contribution in [0, 0.1) is 0 Å². The number of carbonyl (C=O) groups excluding carboxylic acids is 1.